The van der Waals surface area contributed by atoms with Gasteiger partial charge in [0.1, 0.15) is 0 Å². The van der Waals surface area contributed by atoms with Crippen molar-refractivity contribution in [3.63, 3.8) is 0 Å². The zero-order valence-corrected chi connectivity index (χ0v) is 8.94. The Labute approximate surface area is 85.2 Å². The van der Waals surface area contributed by atoms with Crippen molar-refractivity contribution in [2.75, 3.05) is 0 Å². The first-order valence-electron chi connectivity index (χ1n) is 3.14. The molecule has 0 aliphatic carbocycles. The van der Waals surface area contributed by atoms with E-state index in [4.69, 9.17) is 0 Å². The third-order valence-electron chi connectivity index (χ3n) is 1.27. The van der Waals surface area contributed by atoms with Gasteiger partial charge >= 0.3 is 26.2 Å². The Morgan fingerprint density at radius 1 is 1.09 bits per heavy atom. The van der Waals surface area contributed by atoms with E-state index in [2.05, 4.69) is 31.2 Å². The Morgan fingerprint density at radius 3 is 1.91 bits per heavy atom. The van der Waals surface area contributed by atoms with Crippen molar-refractivity contribution in [3.8, 4) is 0 Å². The monoisotopic (exact) mass is 235 g/mol. The Morgan fingerprint density at radius 2 is 1.55 bits per heavy atom. The van der Waals surface area contributed by atoms with Gasteiger partial charge in [0, 0.05) is 0 Å². The molecule has 0 saturated heterocycles. The van der Waals surface area contributed by atoms with Crippen LogP contribution in [0, 0.1) is 0 Å². The van der Waals surface area contributed by atoms with E-state index < -0.39 is 0 Å². The average molecular weight is 236 g/mol. The maximum atomic E-state index is 2.20. The van der Waals surface area contributed by atoms with Gasteiger partial charge in [0.2, 0.25) is 0 Å². The topological polar surface area (TPSA) is 0 Å². The minimum atomic E-state index is 0. The Hall–Kier alpha value is 0.0931. The molecular formula is C8H11F2Zr. The summed E-state index contributed by atoms with van der Waals surface area (Å²) in [6.07, 6.45) is 2.48. The van der Waals surface area contributed by atoms with Gasteiger partial charge < -0.3 is 9.41 Å². The zero-order chi connectivity index (χ0) is 5.82. The molecule has 0 fully saturated rings. The predicted molar refractivity (Wildman–Crippen MR) is 36.0 cm³/mol. The van der Waals surface area contributed by atoms with Gasteiger partial charge in [-0.2, -0.15) is 17.7 Å². The first-order valence-corrected chi connectivity index (χ1v) is 3.14. The van der Waals surface area contributed by atoms with E-state index >= 15 is 0 Å². The standard InChI is InChI=1S/C8H11.2FH.Zr/c1-2-5-8-6-3-4-7-8;;;/h3-4,6-7H,2,5H2,1H3;2*1H;/q-1;;;+3/p-2. The fraction of sp³-hybridized carbons (Fsp3) is 0.375. The van der Waals surface area contributed by atoms with Gasteiger partial charge in [-0.15, -0.1) is 0 Å². The third kappa shape index (κ3) is 6.49. The Kier molecular flexibility index (Phi) is 15.8. The fourth-order valence-electron chi connectivity index (χ4n) is 0.869. The summed E-state index contributed by atoms with van der Waals surface area (Å²) in [5, 5.41) is 0. The molecule has 0 spiro atoms. The number of hydrogen-bond acceptors (Lipinski definition) is 0. The molecule has 1 aromatic carbocycles. The van der Waals surface area contributed by atoms with Crippen molar-refractivity contribution in [2.24, 2.45) is 0 Å². The van der Waals surface area contributed by atoms with Gasteiger partial charge in [-0.3, -0.25) is 0 Å². The van der Waals surface area contributed by atoms with E-state index in [0.29, 0.717) is 0 Å². The molecule has 0 heterocycles. The van der Waals surface area contributed by atoms with Gasteiger partial charge in [0.25, 0.3) is 0 Å². The van der Waals surface area contributed by atoms with Gasteiger partial charge in [0.15, 0.2) is 0 Å². The molecule has 0 amide bonds. The smallest absolute Gasteiger partial charge is 1.00 e. The van der Waals surface area contributed by atoms with Crippen LogP contribution in [0.5, 0.6) is 0 Å². The van der Waals surface area contributed by atoms with Crippen LogP contribution in [0.3, 0.4) is 0 Å². The van der Waals surface area contributed by atoms with Crippen molar-refractivity contribution in [1.29, 1.82) is 0 Å². The largest absolute Gasteiger partial charge is 3.00 e. The van der Waals surface area contributed by atoms with Crippen LogP contribution in [0.2, 0.25) is 0 Å². The third-order valence-corrected chi connectivity index (χ3v) is 1.27. The van der Waals surface area contributed by atoms with E-state index in [1.165, 1.54) is 18.4 Å². The second kappa shape index (κ2) is 10.1. The van der Waals surface area contributed by atoms with Gasteiger partial charge in [-0.1, -0.05) is 19.8 Å². The first-order chi connectivity index (χ1) is 3.93. The second-order valence-electron chi connectivity index (χ2n) is 2.04. The van der Waals surface area contributed by atoms with E-state index in [-0.39, 0.29) is 35.6 Å². The average Bonchev–Trinajstić information content (AvgIpc) is 2.19. The fourth-order valence-corrected chi connectivity index (χ4v) is 0.869. The molecule has 3 heteroatoms. The predicted octanol–water partition coefficient (Wildman–Crippen LogP) is -3.64. The summed E-state index contributed by atoms with van der Waals surface area (Å²) in [6.45, 7) is 2.20. The molecular weight excluding hydrogens is 225 g/mol. The van der Waals surface area contributed by atoms with Crippen molar-refractivity contribution >= 4 is 0 Å². The number of rotatable bonds is 2. The SMILES string of the molecule is CCC[c-]1cccc1.[F-].[F-].[Zr+3]. The van der Waals surface area contributed by atoms with E-state index in [1.807, 2.05) is 0 Å². The summed E-state index contributed by atoms with van der Waals surface area (Å²) in [6, 6.07) is 8.52. The second-order valence-corrected chi connectivity index (χ2v) is 2.04. The maximum Gasteiger partial charge on any atom is 3.00 e. The van der Waals surface area contributed by atoms with Crippen LogP contribution in [0.25, 0.3) is 0 Å². The summed E-state index contributed by atoms with van der Waals surface area (Å²) < 4.78 is 0. The molecule has 0 aromatic heterocycles. The summed E-state index contributed by atoms with van der Waals surface area (Å²) in [5.74, 6) is 0. The molecule has 0 aliphatic heterocycles. The van der Waals surface area contributed by atoms with Gasteiger partial charge in [-0.05, 0) is 0 Å². The summed E-state index contributed by atoms with van der Waals surface area (Å²) >= 11 is 0. The van der Waals surface area contributed by atoms with Gasteiger partial charge in [-0.25, -0.2) is 12.1 Å². The molecule has 61 valence electrons. The van der Waals surface area contributed by atoms with Crippen molar-refractivity contribution in [3.05, 3.63) is 29.8 Å². The van der Waals surface area contributed by atoms with Crippen LogP contribution in [0.1, 0.15) is 18.9 Å². The molecule has 1 rings (SSSR count). The van der Waals surface area contributed by atoms with E-state index in [9.17, 15) is 0 Å². The van der Waals surface area contributed by atoms with Crippen molar-refractivity contribution < 1.29 is 35.6 Å². The molecule has 1 aromatic rings. The minimum absolute atomic E-state index is 0. The molecule has 0 nitrogen and oxygen atoms in total. The van der Waals surface area contributed by atoms with Crippen LogP contribution >= 0.6 is 0 Å². The molecule has 0 aliphatic rings. The molecule has 0 unspecified atom stereocenters. The minimum Gasteiger partial charge on any atom is -1.00 e. The van der Waals surface area contributed by atoms with Crippen LogP contribution in [0.15, 0.2) is 24.3 Å². The van der Waals surface area contributed by atoms with Crippen molar-refractivity contribution in [1.82, 2.24) is 0 Å². The Balaban J connectivity index is -0.000000213. The summed E-state index contributed by atoms with van der Waals surface area (Å²) in [4.78, 5) is 0. The molecule has 0 saturated carbocycles. The first kappa shape index (κ1) is 17.3. The molecule has 0 bridgehead atoms. The number of halogens is 2. The van der Waals surface area contributed by atoms with Crippen LogP contribution in [-0.4, -0.2) is 0 Å². The van der Waals surface area contributed by atoms with Crippen LogP contribution < -0.4 is 9.41 Å². The van der Waals surface area contributed by atoms with Crippen LogP contribution in [0.4, 0.5) is 0 Å². The summed E-state index contributed by atoms with van der Waals surface area (Å²) in [5.41, 5.74) is 1.47. The van der Waals surface area contributed by atoms with Gasteiger partial charge in [0.05, 0.1) is 0 Å². The number of hydrogen-bond donors (Lipinski definition) is 0. The Bertz CT molecular complexity index is 138. The van der Waals surface area contributed by atoms with E-state index in [1.54, 1.807) is 0 Å². The summed E-state index contributed by atoms with van der Waals surface area (Å²) in [7, 11) is 0. The maximum absolute atomic E-state index is 2.20. The van der Waals surface area contributed by atoms with Crippen molar-refractivity contribution in [2.45, 2.75) is 19.8 Å². The molecule has 0 atom stereocenters. The van der Waals surface area contributed by atoms with Crippen LogP contribution in [-0.2, 0) is 32.6 Å². The molecule has 0 N–H and O–H groups in total. The quantitative estimate of drug-likeness (QED) is 0.465. The molecule has 1 radical (unpaired) electrons. The van der Waals surface area contributed by atoms with E-state index in [0.717, 1.165) is 0 Å². The zero-order valence-electron chi connectivity index (χ0n) is 6.48. The molecule has 11 heavy (non-hydrogen) atoms. The normalized spacial score (nSPS) is 7.00. The number of aryl methyl sites for hydroxylation is 1.